The van der Waals surface area contributed by atoms with Gasteiger partial charge in [-0.25, -0.2) is 4.39 Å². The van der Waals surface area contributed by atoms with E-state index in [-0.39, 0.29) is 17.6 Å². The van der Waals surface area contributed by atoms with Gasteiger partial charge in [0.1, 0.15) is 5.82 Å². The molecule has 1 fully saturated rings. The highest BCUT2D eigenvalue weighted by molar-refractivity contribution is 8.04. The molecule has 1 saturated heterocycles. The molecular formula is C26H22FN3O2S. The summed E-state index contributed by atoms with van der Waals surface area (Å²) in [6.45, 7) is 2.83. The van der Waals surface area contributed by atoms with Crippen molar-refractivity contribution in [3.63, 3.8) is 0 Å². The first-order valence-electron chi connectivity index (χ1n) is 10.8. The van der Waals surface area contributed by atoms with Crippen molar-refractivity contribution in [2.45, 2.75) is 4.90 Å². The second-order valence-corrected chi connectivity index (χ2v) is 9.00. The zero-order valence-electron chi connectivity index (χ0n) is 17.8. The fourth-order valence-electron chi connectivity index (χ4n) is 4.02. The van der Waals surface area contributed by atoms with Crippen LogP contribution in [0.25, 0.3) is 6.08 Å². The van der Waals surface area contributed by atoms with Gasteiger partial charge < -0.3 is 15.1 Å². The van der Waals surface area contributed by atoms with Gasteiger partial charge in [0.05, 0.1) is 10.6 Å². The zero-order chi connectivity index (χ0) is 22.8. The van der Waals surface area contributed by atoms with E-state index in [0.29, 0.717) is 34.8 Å². The molecule has 2 aliphatic rings. The number of para-hydroxylation sites is 1. The summed E-state index contributed by atoms with van der Waals surface area (Å²) in [5.41, 5.74) is 2.67. The number of benzene rings is 3. The molecule has 166 valence electrons. The molecular weight excluding hydrogens is 437 g/mol. The number of anilines is 2. The van der Waals surface area contributed by atoms with Crippen molar-refractivity contribution in [1.82, 2.24) is 4.90 Å². The Morgan fingerprint density at radius 1 is 0.939 bits per heavy atom. The molecule has 0 spiro atoms. The molecule has 3 aromatic carbocycles. The molecule has 2 amide bonds. The molecule has 2 aliphatic heterocycles. The van der Waals surface area contributed by atoms with Crippen molar-refractivity contribution in [3.05, 3.63) is 94.6 Å². The van der Waals surface area contributed by atoms with Crippen LogP contribution in [0.15, 0.2) is 82.6 Å². The summed E-state index contributed by atoms with van der Waals surface area (Å²) in [7, 11) is 0. The highest BCUT2D eigenvalue weighted by Gasteiger charge is 2.26. The summed E-state index contributed by atoms with van der Waals surface area (Å²) >= 11 is 1.27. The summed E-state index contributed by atoms with van der Waals surface area (Å²) in [6, 6.07) is 21.9. The lowest BCUT2D eigenvalue weighted by molar-refractivity contribution is -0.112. The Kier molecular flexibility index (Phi) is 5.88. The third-order valence-electron chi connectivity index (χ3n) is 5.80. The fourth-order valence-corrected chi connectivity index (χ4v) is 4.94. The molecule has 3 aromatic rings. The molecule has 1 N–H and O–H groups in total. The molecule has 5 nitrogen and oxygen atoms in total. The van der Waals surface area contributed by atoms with E-state index in [4.69, 9.17) is 0 Å². The van der Waals surface area contributed by atoms with Crippen molar-refractivity contribution in [3.8, 4) is 0 Å². The van der Waals surface area contributed by atoms with E-state index in [1.807, 2.05) is 29.2 Å². The van der Waals surface area contributed by atoms with Crippen LogP contribution in [0.4, 0.5) is 15.8 Å². The molecule has 0 aliphatic carbocycles. The lowest BCUT2D eigenvalue weighted by atomic mass is 10.1. The lowest BCUT2D eigenvalue weighted by Gasteiger charge is -2.36. The van der Waals surface area contributed by atoms with Gasteiger partial charge in [0.25, 0.3) is 11.8 Å². The first kappa shape index (κ1) is 21.3. The Bertz CT molecular complexity index is 1240. The standard InChI is InChI=1S/C26H22FN3O2S/c27-21-9-5-4-6-18(21)17-24-25(31)28-22-16-19(10-11-23(22)33-24)26(32)30-14-12-29(13-15-30)20-7-2-1-3-8-20/h1-11,16-17H,12-15H2,(H,28,31). The third-order valence-corrected chi connectivity index (χ3v) is 6.90. The SMILES string of the molecule is O=C1Nc2cc(C(=O)N3CCN(c4ccccc4)CC3)ccc2SC1=Cc1ccccc1F. The van der Waals surface area contributed by atoms with Crippen LogP contribution in [-0.2, 0) is 4.79 Å². The Hall–Kier alpha value is -3.58. The molecule has 0 unspecified atom stereocenters. The van der Waals surface area contributed by atoms with Crippen LogP contribution < -0.4 is 10.2 Å². The molecule has 0 radical (unpaired) electrons. The number of piperazine rings is 1. The minimum absolute atomic E-state index is 0.0440. The van der Waals surface area contributed by atoms with Crippen LogP contribution in [0, 0.1) is 5.82 Å². The van der Waals surface area contributed by atoms with Gasteiger partial charge in [0.2, 0.25) is 0 Å². The van der Waals surface area contributed by atoms with E-state index in [9.17, 15) is 14.0 Å². The minimum Gasteiger partial charge on any atom is -0.368 e. The lowest BCUT2D eigenvalue weighted by Crippen LogP contribution is -2.48. The largest absolute Gasteiger partial charge is 0.368 e. The summed E-state index contributed by atoms with van der Waals surface area (Å²) in [4.78, 5) is 31.0. The number of fused-ring (bicyclic) bond motifs is 1. The Labute approximate surface area is 195 Å². The first-order chi connectivity index (χ1) is 16.1. The molecule has 2 heterocycles. The van der Waals surface area contributed by atoms with Crippen LogP contribution >= 0.6 is 11.8 Å². The van der Waals surface area contributed by atoms with E-state index in [1.54, 1.807) is 36.4 Å². The Balaban J connectivity index is 1.29. The van der Waals surface area contributed by atoms with Crippen LogP contribution in [0.2, 0.25) is 0 Å². The van der Waals surface area contributed by atoms with Gasteiger partial charge in [-0.05, 0) is 42.5 Å². The van der Waals surface area contributed by atoms with E-state index in [1.165, 1.54) is 17.8 Å². The Morgan fingerprint density at radius 3 is 2.42 bits per heavy atom. The van der Waals surface area contributed by atoms with Crippen LogP contribution in [-0.4, -0.2) is 42.9 Å². The monoisotopic (exact) mass is 459 g/mol. The number of halogens is 1. The van der Waals surface area contributed by atoms with Gasteiger partial charge in [0.15, 0.2) is 0 Å². The average Bonchev–Trinajstić information content (AvgIpc) is 2.86. The van der Waals surface area contributed by atoms with Crippen molar-refractivity contribution in [1.29, 1.82) is 0 Å². The van der Waals surface area contributed by atoms with Crippen molar-refractivity contribution in [2.24, 2.45) is 0 Å². The number of rotatable bonds is 3. The molecule has 7 heteroatoms. The third kappa shape index (κ3) is 4.50. The average molecular weight is 460 g/mol. The number of carbonyl (C=O) groups excluding carboxylic acids is 2. The van der Waals surface area contributed by atoms with Gasteiger partial charge in [-0.1, -0.05) is 48.2 Å². The summed E-state index contributed by atoms with van der Waals surface area (Å²) in [6.07, 6.45) is 1.55. The number of nitrogens with one attached hydrogen (secondary N) is 1. The van der Waals surface area contributed by atoms with Crippen molar-refractivity contribution >= 4 is 41.0 Å². The smallest absolute Gasteiger partial charge is 0.262 e. The predicted molar refractivity (Wildman–Crippen MR) is 130 cm³/mol. The first-order valence-corrected chi connectivity index (χ1v) is 11.6. The number of hydrogen-bond donors (Lipinski definition) is 1. The highest BCUT2D eigenvalue weighted by atomic mass is 32.2. The van der Waals surface area contributed by atoms with Crippen LogP contribution in [0.5, 0.6) is 0 Å². The van der Waals surface area contributed by atoms with Gasteiger partial charge >= 0.3 is 0 Å². The van der Waals surface area contributed by atoms with Gasteiger partial charge in [0, 0.05) is 47.9 Å². The van der Waals surface area contributed by atoms with Crippen molar-refractivity contribution in [2.75, 3.05) is 36.4 Å². The summed E-state index contributed by atoms with van der Waals surface area (Å²) < 4.78 is 14.0. The maximum Gasteiger partial charge on any atom is 0.262 e. The van der Waals surface area contributed by atoms with Crippen LogP contribution in [0.1, 0.15) is 15.9 Å². The maximum absolute atomic E-state index is 14.0. The van der Waals surface area contributed by atoms with Crippen LogP contribution in [0.3, 0.4) is 0 Å². The summed E-state index contributed by atoms with van der Waals surface area (Å²) in [5, 5.41) is 2.85. The van der Waals surface area contributed by atoms with Gasteiger partial charge in [-0.2, -0.15) is 0 Å². The van der Waals surface area contributed by atoms with E-state index in [2.05, 4.69) is 22.3 Å². The molecule has 5 rings (SSSR count). The topological polar surface area (TPSA) is 52.7 Å². The van der Waals surface area contributed by atoms with Gasteiger partial charge in [-0.3, -0.25) is 9.59 Å². The zero-order valence-corrected chi connectivity index (χ0v) is 18.6. The molecule has 0 aromatic heterocycles. The van der Waals surface area contributed by atoms with E-state index in [0.717, 1.165) is 23.7 Å². The number of nitrogens with zero attached hydrogens (tertiary/aromatic N) is 2. The van der Waals surface area contributed by atoms with Crippen molar-refractivity contribution < 1.29 is 14.0 Å². The second-order valence-electron chi connectivity index (χ2n) is 7.91. The number of hydrogen-bond acceptors (Lipinski definition) is 4. The van der Waals surface area contributed by atoms with E-state index >= 15 is 0 Å². The van der Waals surface area contributed by atoms with Gasteiger partial charge in [-0.15, -0.1) is 0 Å². The molecule has 0 bridgehead atoms. The number of carbonyl (C=O) groups is 2. The quantitative estimate of drug-likeness (QED) is 0.568. The maximum atomic E-state index is 14.0. The number of amides is 2. The second kappa shape index (κ2) is 9.11. The highest BCUT2D eigenvalue weighted by Crippen LogP contribution is 2.39. The molecule has 0 atom stereocenters. The summed E-state index contributed by atoms with van der Waals surface area (Å²) in [5.74, 6) is -0.730. The fraction of sp³-hybridized carbons (Fsp3) is 0.154. The Morgan fingerprint density at radius 2 is 1.67 bits per heavy atom. The van der Waals surface area contributed by atoms with E-state index < -0.39 is 0 Å². The molecule has 33 heavy (non-hydrogen) atoms. The molecule has 0 saturated carbocycles. The number of thioether (sulfide) groups is 1. The minimum atomic E-state index is -0.377. The normalized spacial score (nSPS) is 17.0. The predicted octanol–water partition coefficient (Wildman–Crippen LogP) is 4.87.